The molecule has 0 aromatic rings. The molecule has 88 valence electrons. The number of nitrogens with one attached hydrogen (secondary N) is 1. The highest BCUT2D eigenvalue weighted by Crippen LogP contribution is 1.82. The summed E-state index contributed by atoms with van der Waals surface area (Å²) in [6.07, 6.45) is 2.33. The van der Waals surface area contributed by atoms with Gasteiger partial charge in [-0.2, -0.15) is 0 Å². The van der Waals surface area contributed by atoms with Crippen molar-refractivity contribution in [3.63, 3.8) is 0 Å². The van der Waals surface area contributed by atoms with Crippen LogP contribution >= 0.6 is 0 Å². The van der Waals surface area contributed by atoms with Gasteiger partial charge in [-0.15, -0.1) is 0 Å². The van der Waals surface area contributed by atoms with Crippen LogP contribution < -0.4 is 5.32 Å². The van der Waals surface area contributed by atoms with Crippen molar-refractivity contribution < 1.29 is 4.74 Å². The third-order valence-electron chi connectivity index (χ3n) is 1.66. The van der Waals surface area contributed by atoms with Gasteiger partial charge in [-0.05, 0) is 46.6 Å². The number of hydrogen-bond acceptors (Lipinski definition) is 3. The van der Waals surface area contributed by atoms with Crippen molar-refractivity contribution in [3.05, 3.63) is 0 Å². The summed E-state index contributed by atoms with van der Waals surface area (Å²) in [7, 11) is 5.95. The van der Waals surface area contributed by atoms with Crippen molar-refractivity contribution in [2.45, 2.75) is 26.7 Å². The van der Waals surface area contributed by atoms with Crippen LogP contribution in [0.25, 0.3) is 0 Å². The molecule has 14 heavy (non-hydrogen) atoms. The summed E-state index contributed by atoms with van der Waals surface area (Å²) in [5.74, 6) is 0. The quantitative estimate of drug-likeness (QED) is 0.608. The molecule has 0 radical (unpaired) electrons. The molecule has 3 heteroatoms. The fraction of sp³-hybridized carbons (Fsp3) is 1.00. The zero-order valence-corrected chi connectivity index (χ0v) is 10.6. The van der Waals surface area contributed by atoms with Crippen molar-refractivity contribution in [1.82, 2.24) is 10.2 Å². The van der Waals surface area contributed by atoms with Gasteiger partial charge < -0.3 is 15.0 Å². The number of methoxy groups -OCH3 is 1. The van der Waals surface area contributed by atoms with Crippen molar-refractivity contribution in [2.75, 3.05) is 47.4 Å². The van der Waals surface area contributed by atoms with E-state index in [1.54, 1.807) is 7.11 Å². The number of nitrogens with zero attached hydrogens (tertiary/aromatic N) is 1. The lowest BCUT2D eigenvalue weighted by atomic mass is 10.4. The molecule has 0 saturated heterocycles. The van der Waals surface area contributed by atoms with E-state index in [1.165, 1.54) is 6.42 Å². The molecule has 0 saturated carbocycles. The van der Waals surface area contributed by atoms with Gasteiger partial charge in [-0.1, -0.05) is 13.8 Å². The fourth-order valence-electron chi connectivity index (χ4n) is 0.987. The molecule has 0 aromatic heterocycles. The van der Waals surface area contributed by atoms with Crippen LogP contribution in [0.5, 0.6) is 0 Å². The molecular formula is C11H28N2O. The lowest BCUT2D eigenvalue weighted by Gasteiger charge is -2.09. The summed E-state index contributed by atoms with van der Waals surface area (Å²) in [6, 6.07) is 0. The molecule has 0 aliphatic rings. The minimum absolute atomic E-state index is 0.862. The van der Waals surface area contributed by atoms with Gasteiger partial charge >= 0.3 is 0 Å². The maximum atomic E-state index is 4.94. The standard InChI is InChI=1S/C9H22N2O.C2H6/c1-11(2)8-4-6-10-7-5-9-12-3;1-2/h10H,4-9H2,1-3H3;1-2H3. The second-order valence-electron chi connectivity index (χ2n) is 3.25. The van der Waals surface area contributed by atoms with Gasteiger partial charge in [0.25, 0.3) is 0 Å². The third-order valence-corrected chi connectivity index (χ3v) is 1.66. The predicted octanol–water partition coefficient (Wildman–Crippen LogP) is 1.59. The molecule has 0 aliphatic carbocycles. The van der Waals surface area contributed by atoms with Gasteiger partial charge in [0.2, 0.25) is 0 Å². The van der Waals surface area contributed by atoms with E-state index in [0.717, 1.165) is 32.7 Å². The maximum Gasteiger partial charge on any atom is 0.0474 e. The van der Waals surface area contributed by atoms with E-state index < -0.39 is 0 Å². The molecule has 0 amide bonds. The fourth-order valence-corrected chi connectivity index (χ4v) is 0.987. The summed E-state index contributed by atoms with van der Waals surface area (Å²) < 4.78 is 4.94. The third kappa shape index (κ3) is 17.8. The van der Waals surface area contributed by atoms with Crippen molar-refractivity contribution in [2.24, 2.45) is 0 Å². The predicted molar refractivity (Wildman–Crippen MR) is 63.9 cm³/mol. The topological polar surface area (TPSA) is 24.5 Å². The van der Waals surface area contributed by atoms with Crippen molar-refractivity contribution in [1.29, 1.82) is 0 Å². The molecule has 0 bridgehead atoms. The molecule has 0 fully saturated rings. The van der Waals surface area contributed by atoms with E-state index >= 15 is 0 Å². The van der Waals surface area contributed by atoms with Gasteiger partial charge in [-0.3, -0.25) is 0 Å². The van der Waals surface area contributed by atoms with E-state index in [-0.39, 0.29) is 0 Å². The van der Waals surface area contributed by atoms with Crippen molar-refractivity contribution >= 4 is 0 Å². The Bertz CT molecular complexity index is 87.4. The highest BCUT2D eigenvalue weighted by molar-refractivity contribution is 4.50. The zero-order valence-electron chi connectivity index (χ0n) is 10.6. The first kappa shape index (κ1) is 16.3. The second-order valence-corrected chi connectivity index (χ2v) is 3.25. The van der Waals surface area contributed by atoms with E-state index in [4.69, 9.17) is 4.74 Å². The average molecular weight is 204 g/mol. The lowest BCUT2D eigenvalue weighted by Crippen LogP contribution is -2.22. The van der Waals surface area contributed by atoms with Crippen LogP contribution in [-0.4, -0.2) is 52.3 Å². The normalized spacial score (nSPS) is 9.86. The number of rotatable bonds is 8. The SMILES string of the molecule is CC.COCCCNCCCN(C)C. The van der Waals surface area contributed by atoms with Crippen LogP contribution in [0.2, 0.25) is 0 Å². The second kappa shape index (κ2) is 15.4. The highest BCUT2D eigenvalue weighted by Gasteiger charge is 1.90. The Hall–Kier alpha value is -0.120. The first-order valence-electron chi connectivity index (χ1n) is 5.61. The largest absolute Gasteiger partial charge is 0.385 e. The van der Waals surface area contributed by atoms with Crippen LogP contribution in [0, 0.1) is 0 Å². The van der Waals surface area contributed by atoms with Crippen LogP contribution in [0.1, 0.15) is 26.7 Å². The lowest BCUT2D eigenvalue weighted by molar-refractivity contribution is 0.194. The van der Waals surface area contributed by atoms with Crippen molar-refractivity contribution in [3.8, 4) is 0 Å². The Balaban J connectivity index is 0. The van der Waals surface area contributed by atoms with E-state index in [2.05, 4.69) is 24.3 Å². The molecular weight excluding hydrogens is 176 g/mol. The monoisotopic (exact) mass is 204 g/mol. The summed E-state index contributed by atoms with van der Waals surface area (Å²) in [4.78, 5) is 2.21. The molecule has 0 rings (SSSR count). The highest BCUT2D eigenvalue weighted by atomic mass is 16.5. The molecule has 0 aliphatic heterocycles. The van der Waals surface area contributed by atoms with Gasteiger partial charge in [0, 0.05) is 13.7 Å². The minimum atomic E-state index is 0.862. The van der Waals surface area contributed by atoms with E-state index in [0.29, 0.717) is 0 Å². The minimum Gasteiger partial charge on any atom is -0.385 e. The Morgan fingerprint density at radius 1 is 1.07 bits per heavy atom. The summed E-state index contributed by atoms with van der Waals surface area (Å²) in [5, 5.41) is 3.37. The van der Waals surface area contributed by atoms with Crippen LogP contribution in [0.4, 0.5) is 0 Å². The number of ether oxygens (including phenoxy) is 1. The molecule has 3 nitrogen and oxygen atoms in total. The van der Waals surface area contributed by atoms with Gasteiger partial charge in [0.15, 0.2) is 0 Å². The number of hydrogen-bond donors (Lipinski definition) is 1. The summed E-state index contributed by atoms with van der Waals surface area (Å²) in [6.45, 7) is 8.21. The van der Waals surface area contributed by atoms with Gasteiger partial charge in [-0.25, -0.2) is 0 Å². The molecule has 0 atom stereocenters. The molecule has 0 heterocycles. The van der Waals surface area contributed by atoms with Crippen LogP contribution in [-0.2, 0) is 4.74 Å². The Labute approximate surface area is 89.8 Å². The van der Waals surface area contributed by atoms with Gasteiger partial charge in [0.1, 0.15) is 0 Å². The van der Waals surface area contributed by atoms with E-state index in [9.17, 15) is 0 Å². The van der Waals surface area contributed by atoms with Crippen LogP contribution in [0.3, 0.4) is 0 Å². The summed E-state index contributed by atoms with van der Waals surface area (Å²) >= 11 is 0. The average Bonchev–Trinajstić information content (AvgIpc) is 2.19. The Kier molecular flexibility index (Phi) is 17.9. The zero-order chi connectivity index (χ0) is 11.2. The first-order valence-corrected chi connectivity index (χ1v) is 5.61. The summed E-state index contributed by atoms with van der Waals surface area (Å²) in [5.41, 5.74) is 0. The molecule has 0 unspecified atom stereocenters. The smallest absolute Gasteiger partial charge is 0.0474 e. The Morgan fingerprint density at radius 2 is 1.64 bits per heavy atom. The molecule has 0 aromatic carbocycles. The Morgan fingerprint density at radius 3 is 2.14 bits per heavy atom. The maximum absolute atomic E-state index is 4.94. The molecule has 1 N–H and O–H groups in total. The van der Waals surface area contributed by atoms with Crippen LogP contribution in [0.15, 0.2) is 0 Å². The van der Waals surface area contributed by atoms with Gasteiger partial charge in [0.05, 0.1) is 0 Å². The molecule has 0 spiro atoms. The first-order chi connectivity index (χ1) is 6.77. The van der Waals surface area contributed by atoms with E-state index in [1.807, 2.05) is 13.8 Å².